The number of carbonyl (C=O) groups excluding carboxylic acids is 2. The molecule has 0 saturated heterocycles. The molecule has 0 aromatic heterocycles. The van der Waals surface area contributed by atoms with Crippen molar-refractivity contribution in [3.05, 3.63) is 35.7 Å². The number of allylic oxidation sites excluding steroid dienone is 3. The summed E-state index contributed by atoms with van der Waals surface area (Å²) in [5, 5.41) is 14.8. The number of hydrogen-bond acceptors (Lipinski definition) is 5. The number of aliphatic hydroxyl groups excluding tert-OH is 1. The van der Waals surface area contributed by atoms with Gasteiger partial charge in [-0.25, -0.2) is 0 Å². The lowest BCUT2D eigenvalue weighted by molar-refractivity contribution is -0.135. The fourth-order valence-electron chi connectivity index (χ4n) is 1.65. The van der Waals surface area contributed by atoms with E-state index >= 15 is 0 Å². The van der Waals surface area contributed by atoms with Crippen LogP contribution in [0.5, 0.6) is 0 Å². The Kier molecular flexibility index (Phi) is 6.52. The third-order valence-corrected chi connectivity index (χ3v) is 2.90. The number of amides is 2. The summed E-state index contributed by atoms with van der Waals surface area (Å²) in [6, 6.07) is 0. The minimum absolute atomic E-state index is 0.0677. The third-order valence-electron chi connectivity index (χ3n) is 2.90. The molecule has 0 unspecified atom stereocenters. The fourth-order valence-corrected chi connectivity index (χ4v) is 1.65. The molecular formula is C14H21N3O3. The molecule has 20 heavy (non-hydrogen) atoms. The Labute approximate surface area is 118 Å². The van der Waals surface area contributed by atoms with E-state index in [1.165, 1.54) is 0 Å². The third kappa shape index (κ3) is 4.89. The molecule has 0 radical (unpaired) electrons. The van der Waals surface area contributed by atoms with Crippen molar-refractivity contribution >= 4 is 12.3 Å². The van der Waals surface area contributed by atoms with E-state index < -0.39 is 5.91 Å². The first kappa shape index (κ1) is 16.0. The van der Waals surface area contributed by atoms with Crippen molar-refractivity contribution in [3.63, 3.8) is 0 Å². The molecular weight excluding hydrogens is 258 g/mol. The average molecular weight is 279 g/mol. The van der Waals surface area contributed by atoms with Crippen molar-refractivity contribution in [2.24, 2.45) is 0 Å². The van der Waals surface area contributed by atoms with Gasteiger partial charge in [-0.3, -0.25) is 14.5 Å². The monoisotopic (exact) mass is 279 g/mol. The maximum absolute atomic E-state index is 11.9. The van der Waals surface area contributed by atoms with E-state index in [2.05, 4.69) is 17.2 Å². The minimum atomic E-state index is -0.468. The number of hydrogen-bond donors (Lipinski definition) is 3. The Balaban J connectivity index is 2.45. The van der Waals surface area contributed by atoms with E-state index in [0.29, 0.717) is 19.4 Å². The second-order valence-electron chi connectivity index (χ2n) is 4.54. The molecule has 6 heteroatoms. The summed E-state index contributed by atoms with van der Waals surface area (Å²) in [7, 11) is 0. The predicted octanol–water partition coefficient (Wildman–Crippen LogP) is -0.110. The van der Waals surface area contributed by atoms with E-state index in [4.69, 9.17) is 5.11 Å². The lowest BCUT2D eigenvalue weighted by Gasteiger charge is -2.19. The number of imide groups is 1. The Morgan fingerprint density at radius 1 is 1.60 bits per heavy atom. The lowest BCUT2D eigenvalue weighted by atomic mass is 10.1. The van der Waals surface area contributed by atoms with E-state index in [9.17, 15) is 9.59 Å². The molecule has 0 fully saturated rings. The van der Waals surface area contributed by atoms with Crippen LogP contribution in [-0.4, -0.2) is 48.6 Å². The van der Waals surface area contributed by atoms with Gasteiger partial charge >= 0.3 is 0 Å². The molecule has 6 nitrogen and oxygen atoms in total. The highest BCUT2D eigenvalue weighted by Crippen LogP contribution is 2.03. The van der Waals surface area contributed by atoms with Gasteiger partial charge in [0.05, 0.1) is 5.70 Å². The Morgan fingerprint density at radius 2 is 2.35 bits per heavy atom. The van der Waals surface area contributed by atoms with E-state index in [1.54, 1.807) is 0 Å². The first-order chi connectivity index (χ1) is 9.58. The van der Waals surface area contributed by atoms with Crippen LogP contribution < -0.4 is 10.6 Å². The number of carbonyl (C=O) groups is 2. The van der Waals surface area contributed by atoms with Gasteiger partial charge < -0.3 is 15.7 Å². The quantitative estimate of drug-likeness (QED) is 0.427. The van der Waals surface area contributed by atoms with Crippen LogP contribution in [0.2, 0.25) is 0 Å². The Morgan fingerprint density at radius 3 is 2.90 bits per heavy atom. The summed E-state index contributed by atoms with van der Waals surface area (Å²) in [5.41, 5.74) is 2.36. The van der Waals surface area contributed by atoms with Crippen molar-refractivity contribution in [1.29, 1.82) is 0 Å². The molecule has 1 aliphatic heterocycles. The second kappa shape index (κ2) is 8.16. The highest BCUT2D eigenvalue weighted by Gasteiger charge is 2.15. The van der Waals surface area contributed by atoms with Crippen molar-refractivity contribution < 1.29 is 14.7 Å². The second-order valence-corrected chi connectivity index (χ2v) is 4.54. The number of nitrogens with zero attached hydrogens (tertiary/aromatic N) is 1. The first-order valence-corrected chi connectivity index (χ1v) is 6.48. The van der Waals surface area contributed by atoms with Crippen LogP contribution in [-0.2, 0) is 9.59 Å². The number of aliphatic hydroxyl groups is 1. The van der Waals surface area contributed by atoms with Gasteiger partial charge in [0, 0.05) is 31.9 Å². The highest BCUT2D eigenvalue weighted by molar-refractivity contribution is 5.98. The van der Waals surface area contributed by atoms with E-state index in [-0.39, 0.29) is 18.8 Å². The summed E-state index contributed by atoms with van der Waals surface area (Å²) in [6.07, 6.45) is 4.76. The van der Waals surface area contributed by atoms with E-state index in [1.807, 2.05) is 19.1 Å². The predicted molar refractivity (Wildman–Crippen MR) is 76.5 cm³/mol. The highest BCUT2D eigenvalue weighted by atomic mass is 16.3. The zero-order chi connectivity index (χ0) is 15.0. The van der Waals surface area contributed by atoms with Crippen LogP contribution in [0.4, 0.5) is 0 Å². The normalized spacial score (nSPS) is 13.7. The minimum Gasteiger partial charge on any atom is -0.396 e. The summed E-state index contributed by atoms with van der Waals surface area (Å²) >= 11 is 0. The Hall–Kier alpha value is -2.08. The molecule has 2 amide bonds. The zero-order valence-electron chi connectivity index (χ0n) is 11.7. The van der Waals surface area contributed by atoms with Gasteiger partial charge in [-0.2, -0.15) is 0 Å². The van der Waals surface area contributed by atoms with E-state index in [0.717, 1.165) is 22.7 Å². The van der Waals surface area contributed by atoms with Crippen LogP contribution >= 0.6 is 0 Å². The molecule has 1 aliphatic rings. The molecule has 0 saturated carbocycles. The summed E-state index contributed by atoms with van der Waals surface area (Å²) in [4.78, 5) is 23.7. The van der Waals surface area contributed by atoms with Crippen LogP contribution in [0.25, 0.3) is 0 Å². The molecule has 0 aliphatic carbocycles. The summed E-state index contributed by atoms with van der Waals surface area (Å²) < 4.78 is 0. The number of dihydropyridines is 1. The van der Waals surface area contributed by atoms with Crippen molar-refractivity contribution in [1.82, 2.24) is 15.5 Å². The van der Waals surface area contributed by atoms with Crippen LogP contribution in [0.3, 0.4) is 0 Å². The molecule has 1 heterocycles. The molecule has 3 N–H and O–H groups in total. The average Bonchev–Trinajstić information content (AvgIpc) is 2.46. The molecule has 0 aromatic carbocycles. The van der Waals surface area contributed by atoms with Gasteiger partial charge in [0.15, 0.2) is 0 Å². The van der Waals surface area contributed by atoms with Gasteiger partial charge in [0.2, 0.25) is 6.41 Å². The van der Waals surface area contributed by atoms with Crippen LogP contribution in [0, 0.1) is 0 Å². The maximum atomic E-state index is 11.9. The van der Waals surface area contributed by atoms with Crippen LogP contribution in [0.1, 0.15) is 13.3 Å². The van der Waals surface area contributed by atoms with Gasteiger partial charge in [0.1, 0.15) is 0 Å². The maximum Gasteiger partial charge on any atom is 0.275 e. The Bertz CT molecular complexity index is 441. The van der Waals surface area contributed by atoms with Crippen molar-refractivity contribution in [2.75, 3.05) is 26.2 Å². The number of nitrogens with one attached hydrogen (secondary N) is 2. The first-order valence-electron chi connectivity index (χ1n) is 6.48. The fraction of sp³-hybridized carbons (Fsp3) is 0.429. The van der Waals surface area contributed by atoms with Crippen molar-refractivity contribution in [2.45, 2.75) is 13.3 Å². The van der Waals surface area contributed by atoms with Gasteiger partial charge in [0.25, 0.3) is 5.91 Å². The summed E-state index contributed by atoms with van der Waals surface area (Å²) in [6.45, 7) is 6.96. The molecule has 0 spiro atoms. The standard InChI is InChI=1S/C14H21N3O3/c1-11-4-5-13(8-15-11)9-16-12(2)14(20)17(10-19)6-3-7-18/h4-5,10,15-16,18H,2-3,6-9H2,1H3. The molecule has 0 bridgehead atoms. The summed E-state index contributed by atoms with van der Waals surface area (Å²) in [5.74, 6) is -0.468. The zero-order valence-corrected chi connectivity index (χ0v) is 11.7. The lowest BCUT2D eigenvalue weighted by Crippen LogP contribution is -2.37. The van der Waals surface area contributed by atoms with Gasteiger partial charge in [-0.05, 0) is 25.0 Å². The van der Waals surface area contributed by atoms with Crippen LogP contribution in [0.15, 0.2) is 35.7 Å². The SMILES string of the molecule is C=C(NCC1=CC=C(C)NC1)C(=O)N(C=O)CCCO. The topological polar surface area (TPSA) is 81.7 Å². The molecule has 1 rings (SSSR count). The number of rotatable bonds is 8. The van der Waals surface area contributed by atoms with Crippen molar-refractivity contribution in [3.8, 4) is 0 Å². The molecule has 0 aromatic rings. The van der Waals surface area contributed by atoms with Gasteiger partial charge in [-0.1, -0.05) is 12.7 Å². The molecule has 110 valence electrons. The molecule has 0 atom stereocenters. The smallest absolute Gasteiger partial charge is 0.275 e. The largest absolute Gasteiger partial charge is 0.396 e. The van der Waals surface area contributed by atoms with Gasteiger partial charge in [-0.15, -0.1) is 0 Å².